The molecule has 2 aromatic carbocycles. The maximum absolute atomic E-state index is 11.9. The first kappa shape index (κ1) is 14.3. The van der Waals surface area contributed by atoms with Gasteiger partial charge in [-0.1, -0.05) is 30.3 Å². The zero-order valence-electron chi connectivity index (χ0n) is 12.0. The van der Waals surface area contributed by atoms with Crippen molar-refractivity contribution in [2.75, 3.05) is 0 Å². The van der Waals surface area contributed by atoms with Crippen molar-refractivity contribution in [3.8, 4) is 5.75 Å². The van der Waals surface area contributed by atoms with Crippen LogP contribution in [0.5, 0.6) is 5.75 Å². The Morgan fingerprint density at radius 3 is 2.59 bits per heavy atom. The molecule has 0 atom stereocenters. The second-order valence-corrected chi connectivity index (χ2v) is 5.32. The van der Waals surface area contributed by atoms with E-state index >= 15 is 0 Å². The van der Waals surface area contributed by atoms with Gasteiger partial charge in [0.2, 0.25) is 0 Å². The van der Waals surface area contributed by atoms with Crippen LogP contribution in [0.15, 0.2) is 42.5 Å². The summed E-state index contributed by atoms with van der Waals surface area (Å²) >= 11 is 0. The first-order chi connectivity index (χ1) is 10.7. The molecule has 2 aromatic rings. The minimum atomic E-state index is -1.05. The molecule has 4 nitrogen and oxygen atoms in total. The van der Waals surface area contributed by atoms with Gasteiger partial charge in [-0.25, -0.2) is 4.79 Å². The van der Waals surface area contributed by atoms with Crippen LogP contribution in [0.2, 0.25) is 0 Å². The van der Waals surface area contributed by atoms with Crippen LogP contribution in [0.25, 0.3) is 0 Å². The Hall–Kier alpha value is -2.62. The lowest BCUT2D eigenvalue weighted by atomic mass is 9.87. The minimum absolute atomic E-state index is 0.0124. The molecule has 3 rings (SSSR count). The number of fused-ring (bicyclic) bond motifs is 1. The molecule has 0 fully saturated rings. The fraction of sp³-hybridized carbons (Fsp3) is 0.222. The highest BCUT2D eigenvalue weighted by atomic mass is 16.5. The van der Waals surface area contributed by atoms with Crippen LogP contribution in [0.3, 0.4) is 0 Å². The maximum Gasteiger partial charge on any atom is 0.339 e. The van der Waals surface area contributed by atoms with Crippen molar-refractivity contribution in [1.82, 2.24) is 0 Å². The van der Waals surface area contributed by atoms with Crippen LogP contribution in [-0.2, 0) is 13.0 Å². The van der Waals surface area contributed by atoms with E-state index in [0.717, 1.165) is 5.56 Å². The predicted molar refractivity (Wildman–Crippen MR) is 81.4 cm³/mol. The largest absolute Gasteiger partial charge is 0.488 e. The van der Waals surface area contributed by atoms with Crippen LogP contribution in [0.1, 0.15) is 44.7 Å². The summed E-state index contributed by atoms with van der Waals surface area (Å²) in [5.41, 5.74) is 2.22. The number of Topliss-reactive ketones (excluding diaryl/α,β-unsaturated/α-hetero) is 1. The second-order valence-electron chi connectivity index (χ2n) is 5.32. The highest BCUT2D eigenvalue weighted by molar-refractivity contribution is 6.03. The van der Waals surface area contributed by atoms with Gasteiger partial charge in [-0.2, -0.15) is 0 Å². The third-order valence-corrected chi connectivity index (χ3v) is 3.86. The van der Waals surface area contributed by atoms with Gasteiger partial charge >= 0.3 is 5.97 Å². The van der Waals surface area contributed by atoms with Gasteiger partial charge in [0.25, 0.3) is 0 Å². The van der Waals surface area contributed by atoms with E-state index in [2.05, 4.69) is 0 Å². The summed E-state index contributed by atoms with van der Waals surface area (Å²) in [7, 11) is 0. The highest BCUT2D eigenvalue weighted by Crippen LogP contribution is 2.31. The molecule has 0 heterocycles. The van der Waals surface area contributed by atoms with Crippen molar-refractivity contribution in [2.24, 2.45) is 0 Å². The van der Waals surface area contributed by atoms with E-state index in [4.69, 9.17) is 4.74 Å². The normalized spacial score (nSPS) is 13.5. The number of hydrogen-bond acceptors (Lipinski definition) is 3. The summed E-state index contributed by atoms with van der Waals surface area (Å²) in [5, 5.41) is 9.51. The summed E-state index contributed by atoms with van der Waals surface area (Å²) in [4.78, 5) is 23.5. The molecule has 0 aromatic heterocycles. The summed E-state index contributed by atoms with van der Waals surface area (Å²) in [5.74, 6) is -0.710. The van der Waals surface area contributed by atoms with Crippen molar-refractivity contribution in [3.05, 3.63) is 64.7 Å². The third-order valence-electron chi connectivity index (χ3n) is 3.86. The zero-order chi connectivity index (χ0) is 15.5. The van der Waals surface area contributed by atoms with E-state index in [1.807, 2.05) is 30.3 Å². The lowest BCUT2D eigenvalue weighted by Crippen LogP contribution is -2.16. The molecular weight excluding hydrogens is 280 g/mol. The van der Waals surface area contributed by atoms with Crippen LogP contribution < -0.4 is 4.74 Å². The minimum Gasteiger partial charge on any atom is -0.488 e. The first-order valence-corrected chi connectivity index (χ1v) is 7.26. The average Bonchev–Trinajstić information content (AvgIpc) is 2.53. The van der Waals surface area contributed by atoms with Gasteiger partial charge in [0.15, 0.2) is 5.78 Å². The van der Waals surface area contributed by atoms with E-state index in [-0.39, 0.29) is 11.3 Å². The van der Waals surface area contributed by atoms with Crippen molar-refractivity contribution in [2.45, 2.75) is 25.9 Å². The number of rotatable bonds is 4. The van der Waals surface area contributed by atoms with Crippen molar-refractivity contribution in [3.63, 3.8) is 0 Å². The Labute approximate surface area is 128 Å². The Morgan fingerprint density at radius 2 is 1.86 bits per heavy atom. The molecule has 0 saturated carbocycles. The Balaban J connectivity index is 1.94. The maximum atomic E-state index is 11.9. The van der Waals surface area contributed by atoms with Crippen molar-refractivity contribution < 1.29 is 19.4 Å². The number of benzene rings is 2. The van der Waals surface area contributed by atoms with E-state index in [9.17, 15) is 14.7 Å². The number of aromatic carboxylic acids is 1. The molecule has 1 N–H and O–H groups in total. The van der Waals surface area contributed by atoms with Gasteiger partial charge in [-0.3, -0.25) is 4.79 Å². The summed E-state index contributed by atoms with van der Waals surface area (Å²) in [6, 6.07) is 12.8. The van der Waals surface area contributed by atoms with Gasteiger partial charge < -0.3 is 9.84 Å². The number of carbonyl (C=O) groups is 2. The van der Waals surface area contributed by atoms with Gasteiger partial charge in [-0.05, 0) is 36.1 Å². The number of ketones is 1. The van der Waals surface area contributed by atoms with Gasteiger partial charge in [-0.15, -0.1) is 0 Å². The van der Waals surface area contributed by atoms with E-state index in [1.54, 1.807) is 12.1 Å². The first-order valence-electron chi connectivity index (χ1n) is 7.26. The molecule has 1 aliphatic rings. The fourth-order valence-corrected chi connectivity index (χ4v) is 2.80. The standard InChI is InChI=1S/C18H16O4/c19-15-8-4-7-14-13(15)9-10-16(17(14)18(20)21)22-11-12-5-2-1-3-6-12/h1-3,5-6,9-10H,4,7-8,11H2,(H,20,21). The molecule has 0 saturated heterocycles. The molecule has 0 amide bonds. The molecular formula is C18H16O4. The number of carboxylic acids is 1. The summed E-state index contributed by atoms with van der Waals surface area (Å²) in [6.07, 6.45) is 1.77. The third kappa shape index (κ3) is 2.72. The SMILES string of the molecule is O=C1CCCc2c1ccc(OCc1ccccc1)c2C(=O)O. The van der Waals surface area contributed by atoms with Crippen LogP contribution in [0, 0.1) is 0 Å². The van der Waals surface area contributed by atoms with Crippen LogP contribution in [-0.4, -0.2) is 16.9 Å². The average molecular weight is 296 g/mol. The van der Waals surface area contributed by atoms with E-state index in [1.165, 1.54) is 0 Å². The summed E-state index contributed by atoms with van der Waals surface area (Å²) < 4.78 is 5.69. The number of carbonyl (C=O) groups excluding carboxylic acids is 1. The molecule has 4 heteroatoms. The molecule has 0 unspecified atom stereocenters. The zero-order valence-corrected chi connectivity index (χ0v) is 12.0. The molecule has 112 valence electrons. The lowest BCUT2D eigenvalue weighted by molar-refractivity contribution is 0.0690. The van der Waals surface area contributed by atoms with Crippen molar-refractivity contribution >= 4 is 11.8 Å². The Bertz CT molecular complexity index is 719. The van der Waals surface area contributed by atoms with Crippen LogP contribution in [0.4, 0.5) is 0 Å². The molecule has 0 aliphatic heterocycles. The van der Waals surface area contributed by atoms with Gasteiger partial charge in [0.1, 0.15) is 17.9 Å². The Kier molecular flexibility index (Phi) is 3.92. The number of ether oxygens (including phenoxy) is 1. The Morgan fingerprint density at radius 1 is 1.09 bits per heavy atom. The molecule has 0 spiro atoms. The van der Waals surface area contributed by atoms with Crippen molar-refractivity contribution in [1.29, 1.82) is 0 Å². The van der Waals surface area contributed by atoms with E-state index < -0.39 is 5.97 Å². The number of carboxylic acid groups (broad SMARTS) is 1. The molecule has 0 radical (unpaired) electrons. The molecule has 22 heavy (non-hydrogen) atoms. The van der Waals surface area contributed by atoms with Gasteiger partial charge in [0.05, 0.1) is 0 Å². The quantitative estimate of drug-likeness (QED) is 0.938. The number of hydrogen-bond donors (Lipinski definition) is 1. The monoisotopic (exact) mass is 296 g/mol. The smallest absolute Gasteiger partial charge is 0.339 e. The van der Waals surface area contributed by atoms with E-state index in [0.29, 0.717) is 42.7 Å². The molecule has 1 aliphatic carbocycles. The van der Waals surface area contributed by atoms with Gasteiger partial charge in [0, 0.05) is 12.0 Å². The summed E-state index contributed by atoms with van der Waals surface area (Å²) in [6.45, 7) is 0.299. The van der Waals surface area contributed by atoms with Crippen LogP contribution >= 0.6 is 0 Å². The topological polar surface area (TPSA) is 63.6 Å². The molecule has 0 bridgehead atoms. The highest BCUT2D eigenvalue weighted by Gasteiger charge is 2.26. The predicted octanol–water partition coefficient (Wildman–Crippen LogP) is 3.48. The lowest BCUT2D eigenvalue weighted by Gasteiger charge is -2.19. The second kappa shape index (κ2) is 6.02. The fourth-order valence-electron chi connectivity index (χ4n) is 2.80.